The van der Waals surface area contributed by atoms with Gasteiger partial charge in [0.25, 0.3) is 0 Å². The molecule has 1 aromatic carbocycles. The van der Waals surface area contributed by atoms with Crippen LogP contribution in [0.5, 0.6) is 5.75 Å². The first-order chi connectivity index (χ1) is 8.90. The minimum absolute atomic E-state index is 0.0757. The molecule has 0 saturated heterocycles. The number of carboxylic acid groups (broad SMARTS) is 1. The summed E-state index contributed by atoms with van der Waals surface area (Å²) in [7, 11) is 0. The van der Waals surface area contributed by atoms with Gasteiger partial charge in [-0.25, -0.2) is 4.79 Å². The smallest absolute Gasteiger partial charge is 0.335 e. The summed E-state index contributed by atoms with van der Waals surface area (Å²) in [5.41, 5.74) is 0.178. The molecule has 0 atom stereocenters. The normalized spacial score (nSPS) is 10.3. The molecule has 0 aliphatic carbocycles. The average molecular weight is 330 g/mol. The van der Waals surface area contributed by atoms with Crippen molar-refractivity contribution in [2.75, 3.05) is 6.61 Å². The lowest BCUT2D eigenvalue weighted by Crippen LogP contribution is -2.31. The Hall–Kier alpha value is -1.56. The zero-order valence-corrected chi connectivity index (χ0v) is 12.4. The van der Waals surface area contributed by atoms with E-state index in [0.717, 1.165) is 0 Å². The van der Waals surface area contributed by atoms with Gasteiger partial charge in [0.05, 0.1) is 23.1 Å². The highest BCUT2D eigenvalue weighted by atomic mass is 79.9. The van der Waals surface area contributed by atoms with Gasteiger partial charge < -0.3 is 15.2 Å². The van der Waals surface area contributed by atoms with Crippen LogP contribution in [-0.4, -0.2) is 29.6 Å². The zero-order chi connectivity index (χ0) is 14.4. The van der Waals surface area contributed by atoms with E-state index >= 15 is 0 Å². The van der Waals surface area contributed by atoms with Crippen LogP contribution in [0.4, 0.5) is 0 Å². The lowest BCUT2D eigenvalue weighted by Gasteiger charge is -2.10. The molecule has 1 aromatic rings. The van der Waals surface area contributed by atoms with Crippen molar-refractivity contribution in [1.82, 2.24) is 5.32 Å². The summed E-state index contributed by atoms with van der Waals surface area (Å²) >= 11 is 3.23. The van der Waals surface area contributed by atoms with Gasteiger partial charge in [0.1, 0.15) is 5.75 Å². The van der Waals surface area contributed by atoms with Gasteiger partial charge in [0.2, 0.25) is 5.91 Å². The first-order valence-electron chi connectivity index (χ1n) is 5.85. The highest BCUT2D eigenvalue weighted by Gasteiger charge is 2.08. The van der Waals surface area contributed by atoms with E-state index in [4.69, 9.17) is 9.84 Å². The van der Waals surface area contributed by atoms with Crippen LogP contribution < -0.4 is 10.1 Å². The first-order valence-corrected chi connectivity index (χ1v) is 6.64. The summed E-state index contributed by atoms with van der Waals surface area (Å²) in [6, 6.07) is 4.59. The van der Waals surface area contributed by atoms with Crippen LogP contribution in [-0.2, 0) is 4.79 Å². The van der Waals surface area contributed by atoms with Gasteiger partial charge in [-0.15, -0.1) is 0 Å². The Morgan fingerprint density at radius 1 is 1.42 bits per heavy atom. The number of carbonyl (C=O) groups excluding carboxylic acids is 1. The topological polar surface area (TPSA) is 75.6 Å². The lowest BCUT2D eigenvalue weighted by atomic mass is 10.2. The molecule has 0 aliphatic rings. The van der Waals surface area contributed by atoms with E-state index in [0.29, 0.717) is 10.2 Å². The van der Waals surface area contributed by atoms with Crippen molar-refractivity contribution >= 4 is 27.8 Å². The summed E-state index contributed by atoms with van der Waals surface area (Å²) in [5.74, 6) is -0.556. The summed E-state index contributed by atoms with van der Waals surface area (Å²) in [4.78, 5) is 22.1. The van der Waals surface area contributed by atoms with E-state index < -0.39 is 5.97 Å². The molecule has 0 unspecified atom stereocenters. The van der Waals surface area contributed by atoms with Crippen molar-refractivity contribution in [2.24, 2.45) is 0 Å². The third-order valence-electron chi connectivity index (χ3n) is 2.22. The van der Waals surface area contributed by atoms with Crippen molar-refractivity contribution in [3.63, 3.8) is 0 Å². The molecule has 1 amide bonds. The van der Waals surface area contributed by atoms with Gasteiger partial charge in [0, 0.05) is 6.04 Å². The molecule has 0 heterocycles. The zero-order valence-electron chi connectivity index (χ0n) is 10.8. The second-order valence-corrected chi connectivity index (χ2v) is 5.13. The van der Waals surface area contributed by atoms with Gasteiger partial charge in [-0.1, -0.05) is 0 Å². The molecule has 0 bridgehead atoms. The molecule has 6 heteroatoms. The quantitative estimate of drug-likeness (QED) is 0.840. The van der Waals surface area contributed by atoms with Crippen molar-refractivity contribution in [2.45, 2.75) is 26.3 Å². The highest BCUT2D eigenvalue weighted by Crippen LogP contribution is 2.26. The van der Waals surface area contributed by atoms with E-state index in [1.807, 2.05) is 13.8 Å². The van der Waals surface area contributed by atoms with Crippen LogP contribution in [0.25, 0.3) is 0 Å². The van der Waals surface area contributed by atoms with E-state index in [9.17, 15) is 9.59 Å². The fraction of sp³-hybridized carbons (Fsp3) is 0.385. The van der Waals surface area contributed by atoms with Crippen molar-refractivity contribution in [3.8, 4) is 5.75 Å². The van der Waals surface area contributed by atoms with Crippen molar-refractivity contribution in [3.05, 3.63) is 28.2 Å². The largest absolute Gasteiger partial charge is 0.492 e. The highest BCUT2D eigenvalue weighted by molar-refractivity contribution is 9.10. The molecule has 0 spiro atoms. The maximum absolute atomic E-state index is 11.4. The average Bonchev–Trinajstić information content (AvgIpc) is 2.29. The van der Waals surface area contributed by atoms with Crippen molar-refractivity contribution in [1.29, 1.82) is 0 Å². The molecule has 0 fully saturated rings. The Bertz CT molecular complexity index is 474. The van der Waals surface area contributed by atoms with Crippen LogP contribution >= 0.6 is 15.9 Å². The molecule has 2 N–H and O–H groups in total. The third kappa shape index (κ3) is 5.30. The summed E-state index contributed by atoms with van der Waals surface area (Å²) < 4.78 is 5.98. The number of carboxylic acids is 1. The van der Waals surface area contributed by atoms with Crippen LogP contribution in [0.2, 0.25) is 0 Å². The van der Waals surface area contributed by atoms with E-state index in [1.54, 1.807) is 6.07 Å². The summed E-state index contributed by atoms with van der Waals surface area (Å²) in [5, 5.41) is 11.6. The molecule has 0 aromatic heterocycles. The predicted molar refractivity (Wildman–Crippen MR) is 74.5 cm³/mol. The van der Waals surface area contributed by atoms with Gasteiger partial charge in [0.15, 0.2) is 0 Å². The fourth-order valence-electron chi connectivity index (χ4n) is 1.40. The van der Waals surface area contributed by atoms with Crippen LogP contribution in [0.3, 0.4) is 0 Å². The number of hydrogen-bond acceptors (Lipinski definition) is 3. The van der Waals surface area contributed by atoms with Gasteiger partial charge in [-0.3, -0.25) is 4.79 Å². The molecule has 0 saturated carbocycles. The maximum atomic E-state index is 11.4. The summed E-state index contributed by atoms with van der Waals surface area (Å²) in [6.45, 7) is 4.02. The van der Waals surface area contributed by atoms with Gasteiger partial charge in [-0.05, 0) is 48.0 Å². The molecule has 1 rings (SSSR count). The molecule has 104 valence electrons. The Balaban J connectivity index is 2.50. The van der Waals surface area contributed by atoms with Gasteiger partial charge >= 0.3 is 5.97 Å². The Morgan fingerprint density at radius 2 is 2.11 bits per heavy atom. The number of hydrogen-bond donors (Lipinski definition) is 2. The first kappa shape index (κ1) is 15.5. The fourth-order valence-corrected chi connectivity index (χ4v) is 1.89. The van der Waals surface area contributed by atoms with Crippen LogP contribution in [0, 0.1) is 0 Å². The minimum Gasteiger partial charge on any atom is -0.492 e. The number of nitrogens with one attached hydrogen (secondary N) is 1. The van der Waals surface area contributed by atoms with E-state index in [1.165, 1.54) is 12.1 Å². The number of halogens is 1. The molecular formula is C13H16BrNO4. The molecule has 0 radical (unpaired) electrons. The van der Waals surface area contributed by atoms with Crippen molar-refractivity contribution < 1.29 is 19.4 Å². The Morgan fingerprint density at radius 3 is 2.63 bits per heavy atom. The van der Waals surface area contributed by atoms with Crippen LogP contribution in [0.1, 0.15) is 30.6 Å². The second kappa shape index (κ2) is 7.13. The maximum Gasteiger partial charge on any atom is 0.335 e. The molecule has 0 aliphatic heterocycles. The molecule has 5 nitrogen and oxygen atoms in total. The third-order valence-corrected chi connectivity index (χ3v) is 2.83. The van der Waals surface area contributed by atoms with Crippen LogP contribution in [0.15, 0.2) is 22.7 Å². The number of carbonyl (C=O) groups is 2. The number of ether oxygens (including phenoxy) is 1. The molecule has 19 heavy (non-hydrogen) atoms. The monoisotopic (exact) mass is 329 g/mol. The van der Waals surface area contributed by atoms with E-state index in [-0.39, 0.29) is 30.5 Å². The number of amides is 1. The minimum atomic E-state index is -0.997. The standard InChI is InChI=1S/C13H16BrNO4/c1-8(2)15-12(16)5-6-19-11-4-3-9(13(17)18)7-10(11)14/h3-4,7-8H,5-6H2,1-2H3,(H,15,16)(H,17,18). The van der Waals surface area contributed by atoms with Gasteiger partial charge in [-0.2, -0.15) is 0 Å². The SMILES string of the molecule is CC(C)NC(=O)CCOc1ccc(C(=O)O)cc1Br. The number of aromatic carboxylic acids is 1. The predicted octanol–water partition coefficient (Wildman–Crippen LogP) is 2.44. The number of benzene rings is 1. The lowest BCUT2D eigenvalue weighted by molar-refractivity contribution is -0.122. The number of rotatable bonds is 6. The summed E-state index contributed by atoms with van der Waals surface area (Å²) in [6.07, 6.45) is 0.255. The Labute approximate surface area is 120 Å². The van der Waals surface area contributed by atoms with E-state index in [2.05, 4.69) is 21.2 Å². The molecular weight excluding hydrogens is 314 g/mol. The second-order valence-electron chi connectivity index (χ2n) is 4.27. The Kier molecular flexibility index (Phi) is 5.82.